The summed E-state index contributed by atoms with van der Waals surface area (Å²) in [7, 11) is 0. The third-order valence-corrected chi connectivity index (χ3v) is 4.77. The van der Waals surface area contributed by atoms with Crippen LogP contribution >= 0.6 is 0 Å². The predicted octanol–water partition coefficient (Wildman–Crippen LogP) is 3.76. The Morgan fingerprint density at radius 1 is 1.00 bits per heavy atom. The minimum Gasteiger partial charge on any atom is -0.452 e. The number of hydrogen-bond donors (Lipinski definition) is 0. The van der Waals surface area contributed by atoms with Gasteiger partial charge in [-0.05, 0) is 38.5 Å². The molecule has 0 bridgehead atoms. The first-order chi connectivity index (χ1) is 14.0. The molecule has 0 saturated carbocycles. The highest BCUT2D eigenvalue weighted by Crippen LogP contribution is 2.17. The van der Waals surface area contributed by atoms with Gasteiger partial charge < -0.3 is 9.64 Å². The number of carbonyl (C=O) groups excluding carboxylic acids is 2. The maximum Gasteiger partial charge on any atom is 0.342 e. The molecule has 6 heteroatoms. The Hall–Kier alpha value is -3.41. The van der Waals surface area contributed by atoms with Crippen molar-refractivity contribution in [1.82, 2.24) is 9.78 Å². The second-order valence-electron chi connectivity index (χ2n) is 6.74. The number of anilines is 1. The molecule has 1 heterocycles. The van der Waals surface area contributed by atoms with Crippen LogP contribution in [0.2, 0.25) is 0 Å². The molecule has 0 aliphatic rings. The fourth-order valence-electron chi connectivity index (χ4n) is 3.29. The molecule has 1 aromatic heterocycles. The third kappa shape index (κ3) is 4.71. The van der Waals surface area contributed by atoms with Gasteiger partial charge >= 0.3 is 5.97 Å². The van der Waals surface area contributed by atoms with E-state index in [0.717, 1.165) is 16.9 Å². The van der Waals surface area contributed by atoms with Crippen LogP contribution in [-0.2, 0) is 16.1 Å². The van der Waals surface area contributed by atoms with Gasteiger partial charge in [0.15, 0.2) is 6.61 Å². The van der Waals surface area contributed by atoms with Crippen molar-refractivity contribution in [2.75, 3.05) is 18.1 Å². The van der Waals surface area contributed by atoms with Gasteiger partial charge in [-0.2, -0.15) is 5.10 Å². The zero-order chi connectivity index (χ0) is 20.8. The first kappa shape index (κ1) is 20.3. The summed E-state index contributed by atoms with van der Waals surface area (Å²) in [6.07, 6.45) is 0. The van der Waals surface area contributed by atoms with Crippen LogP contribution in [0.4, 0.5) is 5.69 Å². The molecule has 3 rings (SSSR count). The predicted molar refractivity (Wildman–Crippen MR) is 112 cm³/mol. The number of nitrogens with zero attached hydrogens (tertiary/aromatic N) is 3. The summed E-state index contributed by atoms with van der Waals surface area (Å²) in [5, 5.41) is 4.47. The van der Waals surface area contributed by atoms with Crippen LogP contribution in [-0.4, -0.2) is 34.8 Å². The summed E-state index contributed by atoms with van der Waals surface area (Å²) in [6, 6.07) is 19.2. The Balaban J connectivity index is 1.68. The minimum atomic E-state index is -0.531. The molecule has 29 heavy (non-hydrogen) atoms. The minimum absolute atomic E-state index is 0.265. The molecule has 0 spiro atoms. The number of aromatic nitrogens is 2. The molecule has 0 unspecified atom stereocenters. The maximum atomic E-state index is 12.7. The second kappa shape index (κ2) is 9.19. The molecule has 2 aromatic carbocycles. The average molecular weight is 391 g/mol. The van der Waals surface area contributed by atoms with Gasteiger partial charge in [-0.25, -0.2) is 4.79 Å². The third-order valence-electron chi connectivity index (χ3n) is 4.77. The molecule has 1 amide bonds. The Labute approximate surface area is 170 Å². The van der Waals surface area contributed by atoms with E-state index < -0.39 is 5.97 Å². The summed E-state index contributed by atoms with van der Waals surface area (Å²) < 4.78 is 7.12. The first-order valence-corrected chi connectivity index (χ1v) is 9.61. The van der Waals surface area contributed by atoms with Crippen LogP contribution < -0.4 is 4.90 Å². The summed E-state index contributed by atoms with van der Waals surface area (Å²) in [4.78, 5) is 26.8. The van der Waals surface area contributed by atoms with E-state index in [9.17, 15) is 9.59 Å². The lowest BCUT2D eigenvalue weighted by molar-refractivity contribution is -0.121. The fraction of sp³-hybridized carbons (Fsp3) is 0.261. The van der Waals surface area contributed by atoms with Gasteiger partial charge in [0.2, 0.25) is 0 Å². The van der Waals surface area contributed by atoms with Gasteiger partial charge in [0.1, 0.15) is 5.56 Å². The number of amides is 1. The maximum absolute atomic E-state index is 12.7. The fourth-order valence-corrected chi connectivity index (χ4v) is 3.29. The van der Waals surface area contributed by atoms with Gasteiger partial charge in [-0.1, -0.05) is 48.5 Å². The quantitative estimate of drug-likeness (QED) is 0.575. The first-order valence-electron chi connectivity index (χ1n) is 9.61. The largest absolute Gasteiger partial charge is 0.452 e. The Morgan fingerprint density at radius 2 is 1.62 bits per heavy atom. The van der Waals surface area contributed by atoms with E-state index in [1.54, 1.807) is 16.5 Å². The smallest absolute Gasteiger partial charge is 0.342 e. The standard InChI is InChI=1S/C23H25N3O3/c1-4-25(20-13-9-6-10-14-20)21(27)16-29-23(28)22-17(2)24-26(18(22)3)15-19-11-7-5-8-12-19/h5-14H,4,15-16H2,1-3H3. The SMILES string of the molecule is CCN(C(=O)COC(=O)c1c(C)nn(Cc2ccccc2)c1C)c1ccccc1. The normalized spacial score (nSPS) is 10.6. The number of hydrogen-bond acceptors (Lipinski definition) is 4. The summed E-state index contributed by atoms with van der Waals surface area (Å²) in [5.74, 6) is -0.796. The highest BCUT2D eigenvalue weighted by atomic mass is 16.5. The molecular weight excluding hydrogens is 366 g/mol. The lowest BCUT2D eigenvalue weighted by Gasteiger charge is -2.20. The number of esters is 1. The van der Waals surface area contributed by atoms with Crippen molar-refractivity contribution in [3.05, 3.63) is 83.2 Å². The molecule has 0 atom stereocenters. The lowest BCUT2D eigenvalue weighted by Crippen LogP contribution is -2.34. The highest BCUT2D eigenvalue weighted by molar-refractivity contribution is 5.97. The molecule has 0 saturated heterocycles. The molecule has 6 nitrogen and oxygen atoms in total. The van der Waals surface area contributed by atoms with Gasteiger partial charge in [0, 0.05) is 12.2 Å². The van der Waals surface area contributed by atoms with Gasteiger partial charge in [0.25, 0.3) is 5.91 Å². The van der Waals surface area contributed by atoms with Crippen LogP contribution in [0, 0.1) is 13.8 Å². The number of para-hydroxylation sites is 1. The Kier molecular flexibility index (Phi) is 6.44. The number of carbonyl (C=O) groups is 2. The van der Waals surface area contributed by atoms with Crippen molar-refractivity contribution < 1.29 is 14.3 Å². The number of benzene rings is 2. The molecule has 0 aliphatic carbocycles. The van der Waals surface area contributed by atoms with Crippen molar-refractivity contribution in [3.63, 3.8) is 0 Å². The van der Waals surface area contributed by atoms with Crippen LogP contribution in [0.3, 0.4) is 0 Å². The highest BCUT2D eigenvalue weighted by Gasteiger charge is 2.22. The number of ether oxygens (including phenoxy) is 1. The summed E-state index contributed by atoms with van der Waals surface area (Å²) >= 11 is 0. The molecular formula is C23H25N3O3. The molecule has 0 fully saturated rings. The average Bonchev–Trinajstić information content (AvgIpc) is 3.01. The van der Waals surface area contributed by atoms with Crippen molar-refractivity contribution in [2.24, 2.45) is 0 Å². The van der Waals surface area contributed by atoms with E-state index in [1.165, 1.54) is 0 Å². The van der Waals surface area contributed by atoms with Crippen molar-refractivity contribution in [1.29, 1.82) is 0 Å². The van der Waals surface area contributed by atoms with Gasteiger partial charge in [0.05, 0.1) is 17.9 Å². The topological polar surface area (TPSA) is 64.4 Å². The summed E-state index contributed by atoms with van der Waals surface area (Å²) in [6.45, 7) is 6.24. The molecule has 0 N–H and O–H groups in total. The Bertz CT molecular complexity index is 981. The zero-order valence-electron chi connectivity index (χ0n) is 17.0. The van der Waals surface area contributed by atoms with Crippen molar-refractivity contribution in [2.45, 2.75) is 27.3 Å². The van der Waals surface area contributed by atoms with Crippen molar-refractivity contribution >= 4 is 17.6 Å². The van der Waals surface area contributed by atoms with Crippen LogP contribution in [0.1, 0.15) is 34.2 Å². The van der Waals surface area contributed by atoms with E-state index in [1.807, 2.05) is 74.5 Å². The summed E-state index contributed by atoms with van der Waals surface area (Å²) in [5.41, 5.74) is 3.59. The molecule has 0 aliphatic heterocycles. The van der Waals surface area contributed by atoms with Crippen LogP contribution in [0.25, 0.3) is 0 Å². The number of aryl methyl sites for hydroxylation is 1. The van der Waals surface area contributed by atoms with Gasteiger partial charge in [-0.15, -0.1) is 0 Å². The number of likely N-dealkylation sites (N-methyl/N-ethyl adjacent to an activating group) is 1. The van der Waals surface area contributed by atoms with Crippen LogP contribution in [0.5, 0.6) is 0 Å². The van der Waals surface area contributed by atoms with E-state index in [-0.39, 0.29) is 12.5 Å². The van der Waals surface area contributed by atoms with E-state index >= 15 is 0 Å². The lowest BCUT2D eigenvalue weighted by atomic mass is 10.2. The van der Waals surface area contributed by atoms with Crippen LogP contribution in [0.15, 0.2) is 60.7 Å². The van der Waals surface area contributed by atoms with E-state index in [4.69, 9.17) is 4.74 Å². The monoisotopic (exact) mass is 391 g/mol. The molecule has 3 aromatic rings. The number of rotatable bonds is 7. The van der Waals surface area contributed by atoms with Gasteiger partial charge in [-0.3, -0.25) is 9.48 Å². The molecule has 150 valence electrons. The Morgan fingerprint density at radius 3 is 2.24 bits per heavy atom. The van der Waals surface area contributed by atoms with Crippen molar-refractivity contribution in [3.8, 4) is 0 Å². The van der Waals surface area contributed by atoms with E-state index in [2.05, 4.69) is 5.10 Å². The van der Waals surface area contributed by atoms with E-state index in [0.29, 0.717) is 24.3 Å². The zero-order valence-corrected chi connectivity index (χ0v) is 17.0. The molecule has 0 radical (unpaired) electrons. The second-order valence-corrected chi connectivity index (χ2v) is 6.74.